The summed E-state index contributed by atoms with van der Waals surface area (Å²) in [6, 6.07) is 9.94. The minimum Gasteiger partial charge on any atom is -0.269 e. The predicted molar refractivity (Wildman–Crippen MR) is 66.6 cm³/mol. The zero-order chi connectivity index (χ0) is 11.3. The maximum absolute atomic E-state index is 11.4. The standard InChI is InChI=1S/C11H15BrN2O/c1-3-14(2,13-11(15)9-12)10-7-5-4-6-8-10/h4-8H,3,9H2,1-2H3/p+1/t14-/m0/s1. The molecule has 0 aliphatic heterocycles. The number of carbonyl (C=O) groups excluding carboxylic acids is 1. The van der Waals surface area contributed by atoms with Crippen molar-refractivity contribution in [1.29, 1.82) is 0 Å². The molecule has 0 radical (unpaired) electrons. The molecule has 1 atom stereocenters. The summed E-state index contributed by atoms with van der Waals surface area (Å²) in [5.41, 5.74) is 4.04. The molecule has 0 saturated carbocycles. The third-order valence-corrected chi connectivity index (χ3v) is 2.96. The highest BCUT2D eigenvalue weighted by Crippen LogP contribution is 2.17. The van der Waals surface area contributed by atoms with Gasteiger partial charge in [-0.2, -0.15) is 10.0 Å². The number of hydrogen-bond acceptors (Lipinski definition) is 1. The van der Waals surface area contributed by atoms with Crippen molar-refractivity contribution in [2.24, 2.45) is 0 Å². The van der Waals surface area contributed by atoms with E-state index in [1.54, 1.807) is 0 Å². The molecule has 82 valence electrons. The van der Waals surface area contributed by atoms with Gasteiger partial charge in [-0.1, -0.05) is 34.1 Å². The Bertz CT molecular complexity index is 329. The van der Waals surface area contributed by atoms with E-state index < -0.39 is 0 Å². The molecule has 3 nitrogen and oxygen atoms in total. The molecule has 1 N–H and O–H groups in total. The molecule has 0 aliphatic rings. The van der Waals surface area contributed by atoms with Crippen LogP contribution in [0.15, 0.2) is 30.3 Å². The number of amides is 1. The zero-order valence-electron chi connectivity index (χ0n) is 9.03. The predicted octanol–water partition coefficient (Wildman–Crippen LogP) is 2.07. The van der Waals surface area contributed by atoms with Gasteiger partial charge in [0.15, 0.2) is 5.69 Å². The fourth-order valence-electron chi connectivity index (χ4n) is 1.39. The van der Waals surface area contributed by atoms with Crippen LogP contribution in [-0.2, 0) is 4.79 Å². The molecular weight excluding hydrogens is 256 g/mol. The van der Waals surface area contributed by atoms with Crippen molar-refractivity contribution in [3.05, 3.63) is 30.3 Å². The highest BCUT2D eigenvalue weighted by Gasteiger charge is 2.24. The van der Waals surface area contributed by atoms with Gasteiger partial charge in [-0.15, -0.1) is 0 Å². The molecule has 0 aromatic heterocycles. The minimum atomic E-state index is -0.0109. The normalized spacial score (nSPS) is 14.3. The lowest BCUT2D eigenvalue weighted by Crippen LogP contribution is -2.59. The van der Waals surface area contributed by atoms with Crippen molar-refractivity contribution in [2.45, 2.75) is 6.92 Å². The van der Waals surface area contributed by atoms with E-state index in [1.807, 2.05) is 44.3 Å². The summed E-state index contributed by atoms with van der Waals surface area (Å²) in [5.74, 6) is -0.0109. The number of alkyl halides is 1. The van der Waals surface area contributed by atoms with E-state index in [4.69, 9.17) is 0 Å². The Morgan fingerprint density at radius 3 is 2.47 bits per heavy atom. The van der Waals surface area contributed by atoms with Crippen LogP contribution >= 0.6 is 15.9 Å². The first kappa shape index (κ1) is 12.2. The molecule has 4 heteroatoms. The van der Waals surface area contributed by atoms with Gasteiger partial charge in [0.25, 0.3) is 5.91 Å². The second kappa shape index (κ2) is 5.28. The van der Waals surface area contributed by atoms with Crippen molar-refractivity contribution >= 4 is 27.5 Å². The number of halogens is 1. The first-order chi connectivity index (χ1) is 7.12. The van der Waals surface area contributed by atoms with Gasteiger partial charge >= 0.3 is 0 Å². The average molecular weight is 272 g/mol. The number of nitrogens with one attached hydrogen (secondary N) is 1. The number of benzene rings is 1. The summed E-state index contributed by atoms with van der Waals surface area (Å²) >= 11 is 3.15. The first-order valence-corrected chi connectivity index (χ1v) is 6.02. The van der Waals surface area contributed by atoms with E-state index >= 15 is 0 Å². The molecule has 1 aromatic carbocycles. The molecule has 0 bridgehead atoms. The molecule has 0 aliphatic carbocycles. The van der Waals surface area contributed by atoms with Crippen LogP contribution < -0.4 is 10.0 Å². The van der Waals surface area contributed by atoms with E-state index in [-0.39, 0.29) is 5.91 Å². The summed E-state index contributed by atoms with van der Waals surface area (Å²) in [5, 5.41) is 0.327. The summed E-state index contributed by atoms with van der Waals surface area (Å²) in [6.45, 7) is 2.85. The van der Waals surface area contributed by atoms with Crippen LogP contribution in [0.3, 0.4) is 0 Å². The van der Waals surface area contributed by atoms with E-state index in [9.17, 15) is 4.79 Å². The van der Waals surface area contributed by atoms with Gasteiger partial charge in [0, 0.05) is 12.1 Å². The summed E-state index contributed by atoms with van der Waals surface area (Å²) in [6.07, 6.45) is 0. The van der Waals surface area contributed by atoms with Crippen LogP contribution in [-0.4, -0.2) is 24.8 Å². The van der Waals surface area contributed by atoms with E-state index in [2.05, 4.69) is 21.4 Å². The molecule has 0 fully saturated rings. The molecule has 1 aromatic rings. The number of hydrogen-bond donors (Lipinski definition) is 1. The van der Waals surface area contributed by atoms with Gasteiger partial charge in [-0.25, -0.2) is 0 Å². The largest absolute Gasteiger partial charge is 0.275 e. The zero-order valence-corrected chi connectivity index (χ0v) is 10.6. The smallest absolute Gasteiger partial charge is 0.269 e. The van der Waals surface area contributed by atoms with Crippen molar-refractivity contribution in [2.75, 3.05) is 18.9 Å². The lowest BCUT2D eigenvalue weighted by molar-refractivity contribution is -0.122. The Kier molecular flexibility index (Phi) is 4.29. The highest BCUT2D eigenvalue weighted by atomic mass is 79.9. The SMILES string of the molecule is CC[N@+](C)(NC(=O)CBr)c1ccccc1. The second-order valence-electron chi connectivity index (χ2n) is 3.51. The highest BCUT2D eigenvalue weighted by molar-refractivity contribution is 9.09. The maximum Gasteiger partial charge on any atom is 0.275 e. The monoisotopic (exact) mass is 271 g/mol. The number of rotatable bonds is 4. The molecule has 0 saturated heterocycles. The third kappa shape index (κ3) is 3.04. The fraction of sp³-hybridized carbons (Fsp3) is 0.364. The van der Waals surface area contributed by atoms with Crippen LogP contribution in [0.25, 0.3) is 0 Å². The number of quaternary nitrogens is 1. The number of nitrogens with zero attached hydrogens (tertiary/aromatic N) is 1. The Morgan fingerprint density at radius 2 is 2.00 bits per heavy atom. The van der Waals surface area contributed by atoms with Gasteiger partial charge in [-0.3, -0.25) is 4.79 Å². The van der Waals surface area contributed by atoms with Crippen molar-refractivity contribution in [1.82, 2.24) is 10.0 Å². The lowest BCUT2D eigenvalue weighted by Gasteiger charge is -2.31. The molecule has 0 unspecified atom stereocenters. The first-order valence-electron chi connectivity index (χ1n) is 4.90. The molecule has 1 amide bonds. The van der Waals surface area contributed by atoms with Crippen LogP contribution in [0.2, 0.25) is 0 Å². The Labute approximate surface area is 98.8 Å². The van der Waals surface area contributed by atoms with E-state index in [1.165, 1.54) is 0 Å². The van der Waals surface area contributed by atoms with Gasteiger partial charge < -0.3 is 0 Å². The Morgan fingerprint density at radius 1 is 1.40 bits per heavy atom. The molecule has 1 rings (SSSR count). The van der Waals surface area contributed by atoms with E-state index in [0.717, 1.165) is 12.2 Å². The molecule has 0 spiro atoms. The number of carbonyl (C=O) groups is 1. The second-order valence-corrected chi connectivity index (χ2v) is 4.07. The van der Waals surface area contributed by atoms with Crippen molar-refractivity contribution in [3.8, 4) is 0 Å². The van der Waals surface area contributed by atoms with E-state index in [0.29, 0.717) is 9.92 Å². The number of para-hydroxylation sites is 1. The Hall–Kier alpha value is -0.870. The lowest BCUT2D eigenvalue weighted by atomic mass is 10.3. The quantitative estimate of drug-likeness (QED) is 0.507. The van der Waals surface area contributed by atoms with Gasteiger partial charge in [-0.05, 0) is 6.92 Å². The minimum absolute atomic E-state index is 0.0109. The Balaban J connectivity index is 2.90. The van der Waals surface area contributed by atoms with Crippen LogP contribution in [0.4, 0.5) is 5.69 Å². The topological polar surface area (TPSA) is 29.1 Å². The van der Waals surface area contributed by atoms with Crippen LogP contribution in [0.1, 0.15) is 6.92 Å². The van der Waals surface area contributed by atoms with Crippen LogP contribution in [0, 0.1) is 0 Å². The molecule has 0 heterocycles. The van der Waals surface area contributed by atoms with Gasteiger partial charge in [0.05, 0.1) is 12.4 Å². The summed E-state index contributed by atoms with van der Waals surface area (Å²) in [7, 11) is 1.98. The third-order valence-electron chi connectivity index (χ3n) is 2.45. The van der Waals surface area contributed by atoms with Gasteiger partial charge in [0.2, 0.25) is 0 Å². The molecule has 15 heavy (non-hydrogen) atoms. The summed E-state index contributed by atoms with van der Waals surface area (Å²) in [4.78, 5) is 11.4. The summed E-state index contributed by atoms with van der Waals surface area (Å²) < 4.78 is 0.422. The fourth-order valence-corrected chi connectivity index (χ4v) is 1.51. The van der Waals surface area contributed by atoms with Crippen molar-refractivity contribution < 1.29 is 4.79 Å². The average Bonchev–Trinajstić information content (AvgIpc) is 2.30. The van der Waals surface area contributed by atoms with Gasteiger partial charge in [0.1, 0.15) is 6.54 Å². The van der Waals surface area contributed by atoms with Crippen molar-refractivity contribution in [3.63, 3.8) is 0 Å². The van der Waals surface area contributed by atoms with Crippen LogP contribution in [0.5, 0.6) is 0 Å². The molecular formula is C11H16BrN2O+. The maximum atomic E-state index is 11.4.